The van der Waals surface area contributed by atoms with Crippen molar-refractivity contribution in [2.45, 2.75) is 29.2 Å². The fraction of sp³-hybridized carbons (Fsp3) is 0.500. The Balaban J connectivity index is 2.31. The highest BCUT2D eigenvalue weighted by atomic mass is 35.6. The highest BCUT2D eigenvalue weighted by Crippen LogP contribution is 2.34. The van der Waals surface area contributed by atoms with Crippen LogP contribution < -0.4 is 5.32 Å². The van der Waals surface area contributed by atoms with Gasteiger partial charge in [0.1, 0.15) is 6.17 Å². The Labute approximate surface area is 163 Å². The average molecular weight is 426 g/mol. The van der Waals surface area contributed by atoms with Crippen molar-refractivity contribution in [3.8, 4) is 0 Å². The van der Waals surface area contributed by atoms with Crippen LogP contribution in [0.5, 0.6) is 0 Å². The number of nitrogens with one attached hydrogen (secondary N) is 1. The van der Waals surface area contributed by atoms with Gasteiger partial charge in [-0.25, -0.2) is 0 Å². The molecular formula is C14H15Cl3N4O5. The number of hydrogen-bond donors (Lipinski definition) is 1. The van der Waals surface area contributed by atoms with Crippen LogP contribution in [0.25, 0.3) is 0 Å². The van der Waals surface area contributed by atoms with Crippen LogP contribution in [0.1, 0.15) is 29.6 Å². The largest absolute Gasteiger partial charge is 0.332 e. The fourth-order valence-corrected chi connectivity index (χ4v) is 3.28. The molecule has 1 aliphatic rings. The molecule has 1 saturated heterocycles. The van der Waals surface area contributed by atoms with Gasteiger partial charge in [-0.05, 0) is 12.8 Å². The molecular weight excluding hydrogens is 411 g/mol. The summed E-state index contributed by atoms with van der Waals surface area (Å²) >= 11 is 18.0. The van der Waals surface area contributed by atoms with Crippen LogP contribution in [0.3, 0.4) is 0 Å². The van der Waals surface area contributed by atoms with E-state index < -0.39 is 37.1 Å². The number of nitrogens with zero attached hydrogens (tertiary/aromatic N) is 3. The lowest BCUT2D eigenvalue weighted by Crippen LogP contribution is -2.56. The van der Waals surface area contributed by atoms with Crippen molar-refractivity contribution in [1.82, 2.24) is 10.2 Å². The minimum absolute atomic E-state index is 0.262. The number of non-ortho nitro benzene ring substituents is 2. The van der Waals surface area contributed by atoms with Crippen molar-refractivity contribution >= 4 is 52.1 Å². The van der Waals surface area contributed by atoms with Gasteiger partial charge in [-0.15, -0.1) is 0 Å². The number of likely N-dealkylation sites (tertiary alicyclic amines) is 1. The topological polar surface area (TPSA) is 119 Å². The van der Waals surface area contributed by atoms with Gasteiger partial charge in [0.25, 0.3) is 17.3 Å². The number of rotatable bonds is 5. The second-order valence-corrected chi connectivity index (χ2v) is 8.14. The zero-order valence-corrected chi connectivity index (χ0v) is 15.6. The van der Waals surface area contributed by atoms with E-state index in [0.29, 0.717) is 13.1 Å². The summed E-state index contributed by atoms with van der Waals surface area (Å²) in [6.45, 7) is 1.21. The van der Waals surface area contributed by atoms with Crippen LogP contribution in [-0.2, 0) is 0 Å². The van der Waals surface area contributed by atoms with Crippen molar-refractivity contribution < 1.29 is 14.6 Å². The lowest BCUT2D eigenvalue weighted by Gasteiger charge is -2.38. The summed E-state index contributed by atoms with van der Waals surface area (Å²) < 4.78 is -1.85. The molecule has 1 N–H and O–H groups in total. The lowest BCUT2D eigenvalue weighted by atomic mass is 10.1. The van der Waals surface area contributed by atoms with Gasteiger partial charge >= 0.3 is 0 Å². The van der Waals surface area contributed by atoms with E-state index in [1.807, 2.05) is 0 Å². The minimum atomic E-state index is -1.85. The van der Waals surface area contributed by atoms with Crippen molar-refractivity contribution in [1.29, 1.82) is 0 Å². The first-order valence-corrected chi connectivity index (χ1v) is 8.78. The molecule has 0 aliphatic carbocycles. The predicted molar refractivity (Wildman–Crippen MR) is 96.7 cm³/mol. The van der Waals surface area contributed by atoms with E-state index in [1.54, 1.807) is 4.90 Å². The predicted octanol–water partition coefficient (Wildman–Crippen LogP) is 3.42. The van der Waals surface area contributed by atoms with Gasteiger partial charge in [0, 0.05) is 25.2 Å². The third kappa shape index (κ3) is 5.16. The number of nitro benzene ring substituents is 2. The Bertz CT molecular complexity index is 687. The smallest absolute Gasteiger partial charge is 0.277 e. The summed E-state index contributed by atoms with van der Waals surface area (Å²) in [6.07, 6.45) is 1.79. The van der Waals surface area contributed by atoms with Crippen LogP contribution in [0, 0.1) is 20.2 Å². The van der Waals surface area contributed by atoms with Crippen molar-refractivity contribution in [3.63, 3.8) is 0 Å². The maximum absolute atomic E-state index is 12.5. The standard InChI is InChI=1S/C14H15Cl3N4O5/c15-14(16,17)13(19-4-2-1-3-5-19)18-12(22)9-6-10(20(23)24)8-11(7-9)21(25)26/h6-8,13H,1-5H2,(H,18,22). The van der Waals surface area contributed by atoms with E-state index in [2.05, 4.69) is 5.32 Å². The normalized spacial score (nSPS) is 16.7. The van der Waals surface area contributed by atoms with E-state index in [-0.39, 0.29) is 5.56 Å². The van der Waals surface area contributed by atoms with Crippen LogP contribution in [0.2, 0.25) is 0 Å². The molecule has 9 nitrogen and oxygen atoms in total. The van der Waals surface area contributed by atoms with Gasteiger partial charge in [0.2, 0.25) is 3.79 Å². The number of halogens is 3. The highest BCUT2D eigenvalue weighted by Gasteiger charge is 2.39. The van der Waals surface area contributed by atoms with Gasteiger partial charge in [-0.1, -0.05) is 41.2 Å². The Morgan fingerprint density at radius 1 is 1.04 bits per heavy atom. The van der Waals surface area contributed by atoms with E-state index >= 15 is 0 Å². The molecule has 1 aliphatic heterocycles. The summed E-state index contributed by atoms with van der Waals surface area (Å²) in [5.41, 5.74) is -1.41. The molecule has 1 heterocycles. The Morgan fingerprint density at radius 3 is 1.96 bits per heavy atom. The van der Waals surface area contributed by atoms with Crippen LogP contribution >= 0.6 is 34.8 Å². The number of benzene rings is 1. The molecule has 1 unspecified atom stereocenters. The molecule has 2 rings (SSSR count). The molecule has 1 amide bonds. The molecule has 1 atom stereocenters. The average Bonchev–Trinajstić information content (AvgIpc) is 2.58. The van der Waals surface area contributed by atoms with E-state index in [1.165, 1.54) is 0 Å². The minimum Gasteiger partial charge on any atom is -0.332 e. The number of nitro groups is 2. The second kappa shape index (κ2) is 8.34. The highest BCUT2D eigenvalue weighted by molar-refractivity contribution is 6.68. The fourth-order valence-electron chi connectivity index (χ4n) is 2.70. The van der Waals surface area contributed by atoms with E-state index in [9.17, 15) is 25.0 Å². The molecule has 26 heavy (non-hydrogen) atoms. The van der Waals surface area contributed by atoms with Gasteiger partial charge in [0.15, 0.2) is 0 Å². The molecule has 1 aromatic rings. The van der Waals surface area contributed by atoms with Gasteiger partial charge < -0.3 is 5.32 Å². The number of carbonyl (C=O) groups excluding carboxylic acids is 1. The monoisotopic (exact) mass is 424 g/mol. The van der Waals surface area contributed by atoms with Crippen LogP contribution in [0.4, 0.5) is 11.4 Å². The lowest BCUT2D eigenvalue weighted by molar-refractivity contribution is -0.394. The molecule has 142 valence electrons. The molecule has 0 bridgehead atoms. The van der Waals surface area contributed by atoms with E-state index in [4.69, 9.17) is 34.8 Å². The summed E-state index contributed by atoms with van der Waals surface area (Å²) in [7, 11) is 0. The number of alkyl halides is 3. The van der Waals surface area contributed by atoms with E-state index in [0.717, 1.165) is 37.5 Å². The first kappa shape index (κ1) is 20.6. The van der Waals surface area contributed by atoms with Gasteiger partial charge in [-0.2, -0.15) is 0 Å². The Morgan fingerprint density at radius 2 is 1.54 bits per heavy atom. The third-order valence-electron chi connectivity index (χ3n) is 3.92. The SMILES string of the molecule is O=C(NC(N1CCCCC1)C(Cl)(Cl)Cl)c1cc([N+](=O)[O-])cc([N+](=O)[O-])c1. The second-order valence-electron chi connectivity index (χ2n) is 5.77. The third-order valence-corrected chi connectivity index (χ3v) is 4.54. The molecule has 12 heteroatoms. The maximum Gasteiger partial charge on any atom is 0.277 e. The molecule has 0 radical (unpaired) electrons. The first-order chi connectivity index (χ1) is 12.1. The number of carbonyl (C=O) groups is 1. The molecule has 1 aromatic carbocycles. The van der Waals surface area contributed by atoms with Crippen molar-refractivity contribution in [2.75, 3.05) is 13.1 Å². The summed E-state index contributed by atoms with van der Waals surface area (Å²) in [5, 5.41) is 24.4. The van der Waals surface area contributed by atoms with Crippen molar-refractivity contribution in [2.24, 2.45) is 0 Å². The van der Waals surface area contributed by atoms with Crippen LogP contribution in [-0.4, -0.2) is 43.7 Å². The zero-order valence-electron chi connectivity index (χ0n) is 13.4. The summed E-state index contributed by atoms with van der Waals surface area (Å²) in [4.78, 5) is 34.6. The number of piperidine rings is 1. The zero-order chi connectivity index (χ0) is 19.5. The molecule has 1 fully saturated rings. The molecule has 0 aromatic heterocycles. The quantitative estimate of drug-likeness (QED) is 0.438. The number of amides is 1. The summed E-state index contributed by atoms with van der Waals surface area (Å²) in [5.74, 6) is -0.807. The Kier molecular flexibility index (Phi) is 6.62. The first-order valence-electron chi connectivity index (χ1n) is 7.65. The number of hydrogen-bond acceptors (Lipinski definition) is 6. The van der Waals surface area contributed by atoms with Gasteiger partial charge in [0.05, 0.1) is 21.5 Å². The van der Waals surface area contributed by atoms with Crippen LogP contribution in [0.15, 0.2) is 18.2 Å². The van der Waals surface area contributed by atoms with Crippen molar-refractivity contribution in [3.05, 3.63) is 44.0 Å². The molecule has 0 spiro atoms. The summed E-state index contributed by atoms with van der Waals surface area (Å²) in [6, 6.07) is 2.65. The maximum atomic E-state index is 12.5. The van der Waals surface area contributed by atoms with Gasteiger partial charge in [-0.3, -0.25) is 29.9 Å². The Hall–Kier alpha value is -1.68. The molecule has 0 saturated carbocycles.